The average Bonchev–Trinajstić information content (AvgIpc) is 2.27. The fraction of sp³-hybridized carbons (Fsp3) is 0.0769. The molecule has 0 radical (unpaired) electrons. The van der Waals surface area contributed by atoms with E-state index in [0.717, 1.165) is 10.9 Å². The first-order valence-electron chi connectivity index (χ1n) is 5.08. The summed E-state index contributed by atoms with van der Waals surface area (Å²) in [5, 5.41) is 0.555. The van der Waals surface area contributed by atoms with Crippen molar-refractivity contribution in [2.24, 2.45) is 0 Å². The zero-order chi connectivity index (χ0) is 13.3. The molecule has 0 aliphatic carbocycles. The Hall–Kier alpha value is -2.07. The smallest absolute Gasteiger partial charge is 0.354 e. The van der Waals surface area contributed by atoms with Crippen LogP contribution in [0.3, 0.4) is 0 Å². The number of ether oxygens (including phenoxy) is 1. The van der Waals surface area contributed by atoms with Gasteiger partial charge in [-0.2, -0.15) is 0 Å². The highest BCUT2D eigenvalue weighted by Crippen LogP contribution is 2.22. The maximum Gasteiger partial charge on any atom is 0.354 e. The van der Waals surface area contributed by atoms with Crippen LogP contribution in [0.4, 0.5) is 0 Å². The van der Waals surface area contributed by atoms with Crippen LogP contribution in [0.2, 0.25) is 0 Å². The number of carbonyl (C=O) groups excluding carboxylic acids is 1. The molecule has 0 N–H and O–H groups in total. The zero-order valence-electron chi connectivity index (χ0n) is 9.53. The minimum Gasteiger partial charge on any atom is -0.423 e. The summed E-state index contributed by atoms with van der Waals surface area (Å²) in [5.41, 5.74) is 0.691. The van der Waals surface area contributed by atoms with Crippen LogP contribution in [0.15, 0.2) is 45.1 Å². The van der Waals surface area contributed by atoms with E-state index < -0.39 is 11.6 Å². The molecule has 0 bridgehead atoms. The molecule has 0 unspecified atom stereocenters. The van der Waals surface area contributed by atoms with Gasteiger partial charge in [-0.15, -0.1) is 0 Å². The van der Waals surface area contributed by atoms with Gasteiger partial charge in [0.25, 0.3) is 0 Å². The summed E-state index contributed by atoms with van der Waals surface area (Å²) in [6.45, 7) is 5.06. The first-order valence-corrected chi connectivity index (χ1v) is 5.46. The molecule has 92 valence electrons. The number of halogens is 1. The van der Waals surface area contributed by atoms with Gasteiger partial charge in [0, 0.05) is 17.5 Å². The number of esters is 1. The van der Waals surface area contributed by atoms with E-state index in [2.05, 4.69) is 6.58 Å². The molecule has 0 spiro atoms. The van der Waals surface area contributed by atoms with Crippen LogP contribution in [-0.4, -0.2) is 5.97 Å². The Bertz CT molecular complexity index is 700. The van der Waals surface area contributed by atoms with Crippen molar-refractivity contribution in [3.63, 3.8) is 0 Å². The minimum absolute atomic E-state index is 0.221. The van der Waals surface area contributed by atoms with Gasteiger partial charge in [-0.3, -0.25) is 0 Å². The van der Waals surface area contributed by atoms with Crippen LogP contribution in [0.5, 0.6) is 5.75 Å². The first-order chi connectivity index (χ1) is 8.47. The Morgan fingerprint density at radius 3 is 2.78 bits per heavy atom. The number of aryl methyl sites for hydroxylation is 1. The predicted molar refractivity (Wildman–Crippen MR) is 67.8 cm³/mol. The van der Waals surface area contributed by atoms with Gasteiger partial charge in [0.2, 0.25) is 0 Å². The van der Waals surface area contributed by atoms with Gasteiger partial charge in [0.15, 0.2) is 0 Å². The third-order valence-electron chi connectivity index (χ3n) is 2.35. The number of fused-ring (bicyclic) bond motifs is 1. The standard InChI is InChI=1S/C13H9ClO4/c1-7-5-12(15)18-11-6-9(3-4-10(7)11)17-13(16)8(2)14/h3-6H,2H2,1H3. The van der Waals surface area contributed by atoms with Crippen LogP contribution in [-0.2, 0) is 4.79 Å². The van der Waals surface area contributed by atoms with Gasteiger partial charge in [-0.05, 0) is 24.6 Å². The Morgan fingerprint density at radius 2 is 2.11 bits per heavy atom. The van der Waals surface area contributed by atoms with Crippen LogP contribution in [0, 0.1) is 6.92 Å². The Morgan fingerprint density at radius 1 is 1.39 bits per heavy atom. The van der Waals surface area contributed by atoms with E-state index in [1.807, 2.05) is 0 Å². The van der Waals surface area contributed by atoms with Crippen molar-refractivity contribution < 1.29 is 13.9 Å². The molecular weight excluding hydrogens is 256 g/mol. The molecule has 0 amide bonds. The molecule has 4 nitrogen and oxygen atoms in total. The van der Waals surface area contributed by atoms with Gasteiger partial charge in [-0.25, -0.2) is 9.59 Å². The van der Waals surface area contributed by atoms with Crippen molar-refractivity contribution in [3.8, 4) is 5.75 Å². The lowest BCUT2D eigenvalue weighted by atomic mass is 10.1. The average molecular weight is 265 g/mol. The summed E-state index contributed by atoms with van der Waals surface area (Å²) in [5.74, 6) is -0.505. The van der Waals surface area contributed by atoms with E-state index in [4.69, 9.17) is 20.8 Å². The molecule has 0 aliphatic heterocycles. The summed E-state index contributed by atoms with van der Waals surface area (Å²) < 4.78 is 9.95. The van der Waals surface area contributed by atoms with Crippen molar-refractivity contribution >= 4 is 28.5 Å². The van der Waals surface area contributed by atoms with Gasteiger partial charge >= 0.3 is 11.6 Å². The molecule has 0 saturated carbocycles. The summed E-state index contributed by atoms with van der Waals surface area (Å²) in [7, 11) is 0. The molecule has 0 aliphatic rings. The summed E-state index contributed by atoms with van der Waals surface area (Å²) >= 11 is 5.40. The quantitative estimate of drug-likeness (QED) is 0.362. The van der Waals surface area contributed by atoms with Crippen molar-refractivity contribution in [2.45, 2.75) is 6.92 Å². The van der Waals surface area contributed by atoms with Gasteiger partial charge in [0.05, 0.1) is 0 Å². The molecule has 1 heterocycles. The fourth-order valence-corrected chi connectivity index (χ4v) is 1.57. The number of hydrogen-bond acceptors (Lipinski definition) is 4. The number of carbonyl (C=O) groups is 1. The second-order valence-corrected chi connectivity index (χ2v) is 4.16. The van der Waals surface area contributed by atoms with Crippen molar-refractivity contribution in [1.29, 1.82) is 0 Å². The fourth-order valence-electron chi connectivity index (χ4n) is 1.53. The largest absolute Gasteiger partial charge is 0.423 e. The Balaban J connectivity index is 2.47. The first kappa shape index (κ1) is 12.4. The van der Waals surface area contributed by atoms with Gasteiger partial charge in [-0.1, -0.05) is 18.2 Å². The number of hydrogen-bond donors (Lipinski definition) is 0. The number of rotatable bonds is 2. The van der Waals surface area contributed by atoms with Crippen LogP contribution >= 0.6 is 11.6 Å². The van der Waals surface area contributed by atoms with Crippen molar-refractivity contribution in [1.82, 2.24) is 0 Å². The highest BCUT2D eigenvalue weighted by Gasteiger charge is 2.09. The molecule has 1 aromatic carbocycles. The third-order valence-corrected chi connectivity index (χ3v) is 2.51. The van der Waals surface area contributed by atoms with E-state index in [-0.39, 0.29) is 10.8 Å². The summed E-state index contributed by atoms with van der Waals surface area (Å²) in [6, 6.07) is 6.15. The molecule has 18 heavy (non-hydrogen) atoms. The van der Waals surface area contributed by atoms with Crippen LogP contribution in [0.1, 0.15) is 5.56 Å². The summed E-state index contributed by atoms with van der Waals surface area (Å²) in [4.78, 5) is 22.5. The zero-order valence-corrected chi connectivity index (χ0v) is 10.3. The highest BCUT2D eigenvalue weighted by atomic mass is 35.5. The Labute approximate surface area is 107 Å². The second-order valence-electron chi connectivity index (χ2n) is 3.70. The van der Waals surface area contributed by atoms with Crippen molar-refractivity contribution in [2.75, 3.05) is 0 Å². The van der Waals surface area contributed by atoms with Gasteiger partial charge < -0.3 is 9.15 Å². The third kappa shape index (κ3) is 2.43. The topological polar surface area (TPSA) is 56.5 Å². The van der Waals surface area contributed by atoms with E-state index in [0.29, 0.717) is 5.58 Å². The molecule has 0 atom stereocenters. The molecule has 0 saturated heterocycles. The molecule has 2 rings (SSSR count). The van der Waals surface area contributed by atoms with E-state index in [1.165, 1.54) is 12.1 Å². The van der Waals surface area contributed by atoms with Crippen LogP contribution < -0.4 is 10.4 Å². The van der Waals surface area contributed by atoms with E-state index in [9.17, 15) is 9.59 Å². The van der Waals surface area contributed by atoms with E-state index in [1.54, 1.807) is 19.1 Å². The lowest BCUT2D eigenvalue weighted by Gasteiger charge is -2.05. The van der Waals surface area contributed by atoms with Crippen LogP contribution in [0.25, 0.3) is 11.0 Å². The monoisotopic (exact) mass is 264 g/mol. The summed E-state index contributed by atoms with van der Waals surface area (Å²) in [6.07, 6.45) is 0. The minimum atomic E-state index is -0.744. The normalized spacial score (nSPS) is 10.3. The lowest BCUT2D eigenvalue weighted by Crippen LogP contribution is -2.07. The Kier molecular flexibility index (Phi) is 3.21. The molecule has 1 aromatic heterocycles. The molecule has 0 fully saturated rings. The number of benzene rings is 1. The molecular formula is C13H9ClO4. The predicted octanol–water partition coefficient (Wildman–Crippen LogP) is 2.76. The molecule has 2 aromatic rings. The molecule has 5 heteroatoms. The lowest BCUT2D eigenvalue weighted by molar-refractivity contribution is -0.129. The highest BCUT2D eigenvalue weighted by molar-refractivity contribution is 6.41. The second kappa shape index (κ2) is 4.66. The van der Waals surface area contributed by atoms with Crippen molar-refractivity contribution in [3.05, 3.63) is 51.9 Å². The van der Waals surface area contributed by atoms with Gasteiger partial charge in [0.1, 0.15) is 16.4 Å². The van der Waals surface area contributed by atoms with E-state index >= 15 is 0 Å². The SMILES string of the molecule is C=C(Cl)C(=O)Oc1ccc2c(C)cc(=O)oc2c1. The maximum absolute atomic E-state index is 11.2. The maximum atomic E-state index is 11.2.